The largest absolute Gasteiger partial charge is 0.365 e. The second-order valence-corrected chi connectivity index (χ2v) is 5.82. The first kappa shape index (κ1) is 11.4. The van der Waals surface area contributed by atoms with Gasteiger partial charge in [0.15, 0.2) is 0 Å². The van der Waals surface area contributed by atoms with Gasteiger partial charge in [-0.2, -0.15) is 0 Å². The van der Waals surface area contributed by atoms with Crippen LogP contribution in [0.4, 0.5) is 5.69 Å². The zero-order valence-electron chi connectivity index (χ0n) is 9.82. The van der Waals surface area contributed by atoms with Crippen molar-refractivity contribution in [2.24, 2.45) is 11.8 Å². The van der Waals surface area contributed by atoms with Crippen LogP contribution in [0.25, 0.3) is 0 Å². The Hall–Kier alpha value is -1.46. The molecule has 2 fully saturated rings. The number of carbonyl (C=O) groups excluding carboxylic acids is 2. The van der Waals surface area contributed by atoms with Gasteiger partial charge >= 0.3 is 0 Å². The van der Waals surface area contributed by atoms with Gasteiger partial charge in [-0.25, -0.2) is 4.90 Å². The summed E-state index contributed by atoms with van der Waals surface area (Å²) >= 11 is 3.39. The molecule has 2 bridgehead atoms. The van der Waals surface area contributed by atoms with E-state index in [9.17, 15) is 9.59 Å². The van der Waals surface area contributed by atoms with E-state index in [-0.39, 0.29) is 35.9 Å². The Balaban J connectivity index is 1.79. The normalized spacial score (nSPS) is 35.3. The van der Waals surface area contributed by atoms with Crippen molar-refractivity contribution < 1.29 is 14.3 Å². The highest BCUT2D eigenvalue weighted by Gasteiger charge is 2.61. The molecule has 0 unspecified atom stereocenters. The average Bonchev–Trinajstić information content (AvgIpc) is 3.06. The molecule has 1 aromatic carbocycles. The molecule has 2 saturated heterocycles. The fourth-order valence-electron chi connectivity index (χ4n) is 3.17. The van der Waals surface area contributed by atoms with Gasteiger partial charge in [0, 0.05) is 4.47 Å². The third-order valence-corrected chi connectivity index (χ3v) is 4.67. The maximum absolute atomic E-state index is 12.5. The van der Waals surface area contributed by atoms with Crippen LogP contribution in [0.15, 0.2) is 40.9 Å². The Bertz CT molecular complexity index is 597. The van der Waals surface area contributed by atoms with Crippen molar-refractivity contribution in [3.63, 3.8) is 0 Å². The van der Waals surface area contributed by atoms with E-state index in [1.807, 2.05) is 30.4 Å². The molecule has 5 heteroatoms. The summed E-state index contributed by atoms with van der Waals surface area (Å²) in [5.41, 5.74) is 0.617. The van der Waals surface area contributed by atoms with Gasteiger partial charge < -0.3 is 4.74 Å². The van der Waals surface area contributed by atoms with E-state index in [1.165, 1.54) is 4.90 Å². The quantitative estimate of drug-likeness (QED) is 0.586. The van der Waals surface area contributed by atoms with Gasteiger partial charge in [-0.3, -0.25) is 9.59 Å². The van der Waals surface area contributed by atoms with Gasteiger partial charge in [0.05, 0.1) is 29.7 Å². The lowest BCUT2D eigenvalue weighted by Crippen LogP contribution is -2.34. The van der Waals surface area contributed by atoms with Crippen molar-refractivity contribution in [3.8, 4) is 0 Å². The molecule has 19 heavy (non-hydrogen) atoms. The number of fused-ring (bicyclic) bond motifs is 5. The number of anilines is 1. The summed E-state index contributed by atoms with van der Waals surface area (Å²) in [5.74, 6) is -1.01. The molecule has 0 N–H and O–H groups in total. The summed E-state index contributed by atoms with van der Waals surface area (Å²) in [6, 6.07) is 7.27. The molecule has 0 radical (unpaired) electrons. The van der Waals surface area contributed by atoms with Crippen LogP contribution in [0.1, 0.15) is 0 Å². The lowest BCUT2D eigenvalue weighted by molar-refractivity contribution is -0.124. The van der Waals surface area contributed by atoms with Gasteiger partial charge in [-0.15, -0.1) is 0 Å². The number of amides is 2. The van der Waals surface area contributed by atoms with E-state index in [1.54, 1.807) is 6.07 Å². The van der Waals surface area contributed by atoms with Crippen molar-refractivity contribution >= 4 is 33.4 Å². The maximum atomic E-state index is 12.5. The van der Waals surface area contributed by atoms with Gasteiger partial charge in [0.25, 0.3) is 0 Å². The highest BCUT2D eigenvalue weighted by Crippen LogP contribution is 2.47. The topological polar surface area (TPSA) is 46.6 Å². The number of rotatable bonds is 1. The van der Waals surface area contributed by atoms with E-state index in [0.717, 1.165) is 4.47 Å². The summed E-state index contributed by atoms with van der Waals surface area (Å²) in [7, 11) is 0. The van der Waals surface area contributed by atoms with Crippen LogP contribution >= 0.6 is 15.9 Å². The first-order valence-electron chi connectivity index (χ1n) is 6.14. The Morgan fingerprint density at radius 2 is 1.58 bits per heavy atom. The van der Waals surface area contributed by atoms with E-state index < -0.39 is 0 Å². The molecular formula is C14H10BrNO3. The molecule has 4 nitrogen and oxygen atoms in total. The monoisotopic (exact) mass is 319 g/mol. The third-order valence-electron chi connectivity index (χ3n) is 4.00. The zero-order chi connectivity index (χ0) is 13.1. The van der Waals surface area contributed by atoms with Crippen molar-refractivity contribution in [2.75, 3.05) is 4.90 Å². The summed E-state index contributed by atoms with van der Waals surface area (Å²) in [5, 5.41) is 0. The molecule has 4 rings (SSSR count). The molecule has 1 aromatic rings. The molecule has 0 aromatic heterocycles. The SMILES string of the molecule is O=C1[C@@H]2[C@H](C(=O)N1c1ccccc1Br)[C@@H]1C=C[C@H]2O1. The van der Waals surface area contributed by atoms with Crippen LogP contribution in [0.3, 0.4) is 0 Å². The van der Waals surface area contributed by atoms with Crippen LogP contribution in [0.5, 0.6) is 0 Å². The zero-order valence-corrected chi connectivity index (χ0v) is 11.4. The summed E-state index contributed by atoms with van der Waals surface area (Å²) in [6.07, 6.45) is 3.30. The predicted octanol–water partition coefficient (Wildman–Crippen LogP) is 1.89. The number of para-hydroxylation sites is 1. The number of halogens is 1. The summed E-state index contributed by atoms with van der Waals surface area (Å²) in [4.78, 5) is 26.3. The minimum absolute atomic E-state index is 0.154. The number of imide groups is 1. The highest BCUT2D eigenvalue weighted by atomic mass is 79.9. The van der Waals surface area contributed by atoms with Crippen molar-refractivity contribution in [3.05, 3.63) is 40.9 Å². The average molecular weight is 320 g/mol. The fourth-order valence-corrected chi connectivity index (χ4v) is 3.64. The van der Waals surface area contributed by atoms with Crippen LogP contribution in [0.2, 0.25) is 0 Å². The van der Waals surface area contributed by atoms with E-state index >= 15 is 0 Å². The lowest BCUT2D eigenvalue weighted by Gasteiger charge is -2.18. The van der Waals surface area contributed by atoms with Gasteiger partial charge in [0.2, 0.25) is 11.8 Å². The number of carbonyl (C=O) groups is 2. The van der Waals surface area contributed by atoms with E-state index in [0.29, 0.717) is 5.69 Å². The molecule has 3 aliphatic heterocycles. The van der Waals surface area contributed by atoms with E-state index in [4.69, 9.17) is 4.74 Å². The van der Waals surface area contributed by atoms with Crippen LogP contribution in [0, 0.1) is 11.8 Å². The Kier molecular flexibility index (Phi) is 2.26. The standard InChI is InChI=1S/C14H10BrNO3/c15-7-3-1-2-4-8(7)16-13(17)11-9-5-6-10(19-9)12(11)14(16)18/h1-6,9-12H/t9-,10+,11+,12-. The minimum Gasteiger partial charge on any atom is -0.365 e. The van der Waals surface area contributed by atoms with Gasteiger partial charge in [-0.05, 0) is 28.1 Å². The fraction of sp³-hybridized carbons (Fsp3) is 0.286. The molecule has 4 atom stereocenters. The molecule has 2 amide bonds. The summed E-state index contributed by atoms with van der Waals surface area (Å²) in [6.45, 7) is 0. The third kappa shape index (κ3) is 1.37. The second kappa shape index (κ2) is 3.77. The van der Waals surface area contributed by atoms with Crippen molar-refractivity contribution in [1.29, 1.82) is 0 Å². The lowest BCUT2D eigenvalue weighted by atomic mass is 9.85. The number of ether oxygens (including phenoxy) is 1. The van der Waals surface area contributed by atoms with Crippen LogP contribution < -0.4 is 4.90 Å². The number of hydrogen-bond donors (Lipinski definition) is 0. The molecule has 0 spiro atoms. The molecule has 3 heterocycles. The van der Waals surface area contributed by atoms with Crippen molar-refractivity contribution in [2.45, 2.75) is 12.2 Å². The number of nitrogens with zero attached hydrogens (tertiary/aromatic N) is 1. The predicted molar refractivity (Wildman–Crippen MR) is 71.4 cm³/mol. The van der Waals surface area contributed by atoms with Crippen LogP contribution in [-0.2, 0) is 14.3 Å². The molecule has 0 saturated carbocycles. The van der Waals surface area contributed by atoms with E-state index in [2.05, 4.69) is 15.9 Å². The minimum atomic E-state index is -0.352. The smallest absolute Gasteiger partial charge is 0.240 e. The summed E-state index contributed by atoms with van der Waals surface area (Å²) < 4.78 is 6.35. The first-order valence-corrected chi connectivity index (χ1v) is 6.94. The number of hydrogen-bond acceptors (Lipinski definition) is 3. The Morgan fingerprint density at radius 3 is 2.16 bits per heavy atom. The maximum Gasteiger partial charge on any atom is 0.240 e. The molecular weight excluding hydrogens is 310 g/mol. The second-order valence-electron chi connectivity index (χ2n) is 4.97. The molecule has 96 valence electrons. The molecule has 0 aliphatic carbocycles. The Labute approximate surface area is 118 Å². The number of benzene rings is 1. The van der Waals surface area contributed by atoms with Crippen molar-refractivity contribution in [1.82, 2.24) is 0 Å². The molecule has 3 aliphatic rings. The van der Waals surface area contributed by atoms with Crippen LogP contribution in [-0.4, -0.2) is 24.0 Å². The van der Waals surface area contributed by atoms with Gasteiger partial charge in [0.1, 0.15) is 0 Å². The van der Waals surface area contributed by atoms with Gasteiger partial charge in [-0.1, -0.05) is 24.3 Å². The highest BCUT2D eigenvalue weighted by molar-refractivity contribution is 9.10. The Morgan fingerprint density at radius 1 is 1.00 bits per heavy atom. The first-order chi connectivity index (χ1) is 9.18.